The zero-order valence-corrected chi connectivity index (χ0v) is 15.1. The lowest BCUT2D eigenvalue weighted by molar-refractivity contribution is -0.120. The molecule has 0 bridgehead atoms. The van der Waals surface area contributed by atoms with E-state index in [9.17, 15) is 9.59 Å². The molecule has 132 valence electrons. The molecule has 1 aromatic heterocycles. The van der Waals surface area contributed by atoms with Crippen LogP contribution in [0.1, 0.15) is 4.88 Å². The minimum absolute atomic E-state index is 0.220. The van der Waals surface area contributed by atoms with Crippen LogP contribution in [0, 0.1) is 0 Å². The van der Waals surface area contributed by atoms with E-state index in [0.29, 0.717) is 16.5 Å². The minimum atomic E-state index is -0.567. The van der Waals surface area contributed by atoms with Gasteiger partial charge in [0.2, 0.25) is 5.91 Å². The molecule has 7 heteroatoms. The highest BCUT2D eigenvalue weighted by Gasteiger charge is 2.08. The van der Waals surface area contributed by atoms with Gasteiger partial charge in [0, 0.05) is 32.8 Å². The fourth-order valence-electron chi connectivity index (χ4n) is 2.29. The van der Waals surface area contributed by atoms with E-state index in [1.807, 2.05) is 24.3 Å². The van der Waals surface area contributed by atoms with Crippen molar-refractivity contribution in [3.8, 4) is 5.75 Å². The summed E-state index contributed by atoms with van der Waals surface area (Å²) in [5.41, 5.74) is 5.59. The summed E-state index contributed by atoms with van der Waals surface area (Å²) < 4.78 is 6.28. The number of ether oxygens (including phenoxy) is 1. The zero-order chi connectivity index (χ0) is 18.5. The van der Waals surface area contributed by atoms with Crippen molar-refractivity contribution in [3.05, 3.63) is 64.5 Å². The molecule has 26 heavy (non-hydrogen) atoms. The average Bonchev–Trinajstić information content (AvgIpc) is 2.95. The molecule has 0 aliphatic rings. The van der Waals surface area contributed by atoms with Gasteiger partial charge in [0.1, 0.15) is 5.75 Å². The third-order valence-corrected chi connectivity index (χ3v) is 5.08. The molecule has 5 nitrogen and oxygen atoms in total. The first-order valence-electron chi connectivity index (χ1n) is 7.70. The number of carbonyl (C=O) groups excluding carboxylic acids is 2. The van der Waals surface area contributed by atoms with E-state index in [0.717, 1.165) is 15.0 Å². The van der Waals surface area contributed by atoms with Crippen LogP contribution in [0.4, 0.5) is 5.69 Å². The molecule has 0 aliphatic carbocycles. The number of hydrogen-bond donors (Lipinski definition) is 2. The summed E-state index contributed by atoms with van der Waals surface area (Å²) in [7, 11) is 0. The molecule has 0 radical (unpaired) electrons. The van der Waals surface area contributed by atoms with E-state index < -0.39 is 5.91 Å². The Kier molecular flexibility index (Phi) is 5.55. The van der Waals surface area contributed by atoms with Gasteiger partial charge < -0.3 is 15.8 Å². The monoisotopic (exact) mass is 386 g/mol. The Morgan fingerprint density at radius 2 is 2.00 bits per heavy atom. The third-order valence-electron chi connectivity index (χ3n) is 3.43. The van der Waals surface area contributed by atoms with Gasteiger partial charge in [-0.3, -0.25) is 9.59 Å². The first-order chi connectivity index (χ1) is 12.5. The predicted molar refractivity (Wildman–Crippen MR) is 106 cm³/mol. The summed E-state index contributed by atoms with van der Waals surface area (Å²) in [6.45, 7) is -0.220. The SMILES string of the molecule is NC(=O)COc1cccc(NC(=O)/C=C/c2sc3ccccc3c2Cl)c1. The van der Waals surface area contributed by atoms with Gasteiger partial charge in [-0.15, -0.1) is 11.3 Å². The van der Waals surface area contributed by atoms with Gasteiger partial charge in [-0.25, -0.2) is 0 Å². The Morgan fingerprint density at radius 1 is 1.19 bits per heavy atom. The summed E-state index contributed by atoms with van der Waals surface area (Å²) >= 11 is 7.88. The number of anilines is 1. The third kappa shape index (κ3) is 4.41. The number of nitrogens with one attached hydrogen (secondary N) is 1. The highest BCUT2D eigenvalue weighted by Crippen LogP contribution is 2.35. The average molecular weight is 387 g/mol. The molecule has 0 atom stereocenters. The number of nitrogens with two attached hydrogens (primary N) is 1. The van der Waals surface area contributed by atoms with Crippen LogP contribution >= 0.6 is 22.9 Å². The quantitative estimate of drug-likeness (QED) is 0.626. The second-order valence-corrected chi connectivity index (χ2v) is 6.84. The Balaban J connectivity index is 1.68. The van der Waals surface area contributed by atoms with Gasteiger partial charge in [-0.2, -0.15) is 0 Å². The first-order valence-corrected chi connectivity index (χ1v) is 8.89. The van der Waals surface area contributed by atoms with Crippen LogP contribution in [0.25, 0.3) is 16.2 Å². The molecule has 0 spiro atoms. The van der Waals surface area contributed by atoms with Gasteiger partial charge in [-0.05, 0) is 24.3 Å². The van der Waals surface area contributed by atoms with E-state index in [2.05, 4.69) is 5.32 Å². The molecular weight excluding hydrogens is 372 g/mol. The molecular formula is C19H15ClN2O3S. The molecule has 0 unspecified atom stereocenters. The number of halogens is 1. The van der Waals surface area contributed by atoms with Gasteiger partial charge in [0.25, 0.3) is 5.91 Å². The largest absolute Gasteiger partial charge is 0.484 e. The van der Waals surface area contributed by atoms with Gasteiger partial charge in [-0.1, -0.05) is 35.9 Å². The minimum Gasteiger partial charge on any atom is -0.484 e. The molecule has 2 amide bonds. The molecule has 2 aromatic carbocycles. The van der Waals surface area contributed by atoms with Crippen molar-refractivity contribution >= 4 is 56.6 Å². The number of benzene rings is 2. The number of fused-ring (bicyclic) bond motifs is 1. The van der Waals surface area contributed by atoms with E-state index in [1.54, 1.807) is 30.3 Å². The van der Waals surface area contributed by atoms with E-state index in [1.165, 1.54) is 17.4 Å². The van der Waals surface area contributed by atoms with Crippen LogP contribution in [0.3, 0.4) is 0 Å². The molecule has 0 aliphatic heterocycles. The molecule has 0 saturated heterocycles. The van der Waals surface area contributed by atoms with Gasteiger partial charge in [0.15, 0.2) is 6.61 Å². The summed E-state index contributed by atoms with van der Waals surface area (Å²) in [6.07, 6.45) is 3.11. The Labute approximate surface area is 159 Å². The Bertz CT molecular complexity index is 997. The van der Waals surface area contributed by atoms with Gasteiger partial charge >= 0.3 is 0 Å². The molecule has 0 saturated carbocycles. The van der Waals surface area contributed by atoms with E-state index >= 15 is 0 Å². The maximum absolute atomic E-state index is 12.1. The lowest BCUT2D eigenvalue weighted by Crippen LogP contribution is -2.20. The fraction of sp³-hybridized carbons (Fsp3) is 0.0526. The van der Waals surface area contributed by atoms with Crippen LogP contribution in [0.15, 0.2) is 54.6 Å². The van der Waals surface area contributed by atoms with Crippen molar-refractivity contribution < 1.29 is 14.3 Å². The lowest BCUT2D eigenvalue weighted by atomic mass is 10.2. The number of hydrogen-bond acceptors (Lipinski definition) is 4. The summed E-state index contributed by atoms with van der Waals surface area (Å²) in [6, 6.07) is 14.5. The second-order valence-electron chi connectivity index (χ2n) is 5.38. The molecule has 0 fully saturated rings. The second kappa shape index (κ2) is 8.03. The van der Waals surface area contributed by atoms with Crippen LogP contribution in [0.2, 0.25) is 5.02 Å². The van der Waals surface area contributed by atoms with Crippen molar-refractivity contribution in [2.24, 2.45) is 5.73 Å². The maximum Gasteiger partial charge on any atom is 0.255 e. The molecule has 3 N–H and O–H groups in total. The smallest absolute Gasteiger partial charge is 0.255 e. The maximum atomic E-state index is 12.1. The van der Waals surface area contributed by atoms with Crippen molar-refractivity contribution in [2.45, 2.75) is 0 Å². The van der Waals surface area contributed by atoms with Crippen molar-refractivity contribution in [1.82, 2.24) is 0 Å². The van der Waals surface area contributed by atoms with E-state index in [-0.39, 0.29) is 12.5 Å². The summed E-state index contributed by atoms with van der Waals surface area (Å²) in [4.78, 5) is 23.7. The fourth-order valence-corrected chi connectivity index (χ4v) is 3.69. The normalized spacial score (nSPS) is 11.0. The standard InChI is InChI=1S/C19H15ClN2O3S/c20-19-14-6-1-2-7-15(14)26-16(19)8-9-18(24)22-12-4-3-5-13(10-12)25-11-17(21)23/h1-10H,11H2,(H2,21,23)(H,22,24)/b9-8+. The van der Waals surface area contributed by atoms with Crippen molar-refractivity contribution in [3.63, 3.8) is 0 Å². The number of primary amides is 1. The molecule has 3 aromatic rings. The zero-order valence-electron chi connectivity index (χ0n) is 13.6. The number of thiophene rings is 1. The van der Waals surface area contributed by atoms with Crippen molar-refractivity contribution in [1.29, 1.82) is 0 Å². The summed E-state index contributed by atoms with van der Waals surface area (Å²) in [5.74, 6) is -0.425. The highest BCUT2D eigenvalue weighted by molar-refractivity contribution is 7.20. The lowest BCUT2D eigenvalue weighted by Gasteiger charge is -2.06. The number of amides is 2. The Hall–Kier alpha value is -2.83. The topological polar surface area (TPSA) is 81.4 Å². The predicted octanol–water partition coefficient (Wildman–Crippen LogP) is 4.07. The number of rotatable bonds is 6. The van der Waals surface area contributed by atoms with Crippen LogP contribution < -0.4 is 15.8 Å². The molecule has 3 rings (SSSR count). The Morgan fingerprint density at radius 3 is 2.77 bits per heavy atom. The van der Waals surface area contributed by atoms with Crippen LogP contribution in [0.5, 0.6) is 5.75 Å². The molecule has 1 heterocycles. The van der Waals surface area contributed by atoms with Crippen LogP contribution in [-0.4, -0.2) is 18.4 Å². The summed E-state index contributed by atoms with van der Waals surface area (Å²) in [5, 5.41) is 4.34. The first kappa shape index (κ1) is 18.0. The highest BCUT2D eigenvalue weighted by atomic mass is 35.5. The van der Waals surface area contributed by atoms with Crippen molar-refractivity contribution in [2.75, 3.05) is 11.9 Å². The van der Waals surface area contributed by atoms with Crippen LogP contribution in [-0.2, 0) is 9.59 Å². The van der Waals surface area contributed by atoms with E-state index in [4.69, 9.17) is 22.1 Å². The van der Waals surface area contributed by atoms with Gasteiger partial charge in [0.05, 0.1) is 5.02 Å². The number of carbonyl (C=O) groups is 2.